The highest BCUT2D eigenvalue weighted by Crippen LogP contribution is 2.27. The van der Waals surface area contributed by atoms with Crippen molar-refractivity contribution in [3.63, 3.8) is 0 Å². The Bertz CT molecular complexity index is 819. The molecule has 0 amide bonds. The van der Waals surface area contributed by atoms with Gasteiger partial charge >= 0.3 is 0 Å². The highest BCUT2D eigenvalue weighted by molar-refractivity contribution is 7.94. The van der Waals surface area contributed by atoms with Crippen molar-refractivity contribution in [3.8, 4) is 5.75 Å². The molecule has 0 aliphatic heterocycles. The molecule has 2 aromatic rings. The van der Waals surface area contributed by atoms with Crippen LogP contribution in [0.3, 0.4) is 0 Å². The molecule has 1 aromatic carbocycles. The first-order chi connectivity index (χ1) is 9.18. The second kappa shape index (κ2) is 5.17. The summed E-state index contributed by atoms with van der Waals surface area (Å²) in [6, 6.07) is 8.14. The van der Waals surface area contributed by atoms with E-state index in [-0.39, 0.29) is 19.9 Å². The van der Waals surface area contributed by atoms with Crippen molar-refractivity contribution in [2.45, 2.75) is 14.2 Å². The van der Waals surface area contributed by atoms with E-state index in [1.165, 1.54) is 36.4 Å². The largest absolute Gasteiger partial charge is 0.508 e. The Hall–Kier alpha value is -1.42. The first-order valence-corrected chi connectivity index (χ1v) is 9.33. The summed E-state index contributed by atoms with van der Waals surface area (Å²) in [7, 11) is -7.55. The van der Waals surface area contributed by atoms with Crippen LogP contribution in [0.5, 0.6) is 5.75 Å². The molecule has 108 valence electrons. The first-order valence-electron chi connectivity index (χ1n) is 5.32. The van der Waals surface area contributed by atoms with Gasteiger partial charge in [-0.15, -0.1) is 11.3 Å². The smallest absolute Gasteiger partial charge is 0.247 e. The molecule has 0 atom stereocenters. The topological polar surface area (TPSA) is 115 Å². The second-order valence-corrected chi connectivity index (χ2v) is 9.13. The maximum absolute atomic E-state index is 12.1. The van der Waals surface area contributed by atoms with E-state index >= 15 is 0 Å². The Morgan fingerprint density at radius 2 is 1.50 bits per heavy atom. The standard InChI is InChI=1S/C11H11NO5S3/c12-20(16,17)11-6-5-10(18-11)19(14,15)7-8-1-3-9(13)4-2-8/h1-6,13H,7H2,(H2,12,16,17). The van der Waals surface area contributed by atoms with Gasteiger partial charge in [-0.05, 0) is 29.8 Å². The van der Waals surface area contributed by atoms with E-state index in [1.807, 2.05) is 0 Å². The predicted molar refractivity (Wildman–Crippen MR) is 74.7 cm³/mol. The van der Waals surface area contributed by atoms with Crippen LogP contribution >= 0.6 is 11.3 Å². The van der Waals surface area contributed by atoms with E-state index in [9.17, 15) is 16.8 Å². The van der Waals surface area contributed by atoms with Gasteiger partial charge in [0.05, 0.1) is 5.75 Å². The zero-order valence-corrected chi connectivity index (χ0v) is 12.5. The van der Waals surface area contributed by atoms with E-state index in [1.54, 1.807) is 0 Å². The monoisotopic (exact) mass is 333 g/mol. The molecule has 0 aliphatic rings. The normalized spacial score (nSPS) is 12.4. The number of primary sulfonamides is 1. The molecule has 1 heterocycles. The van der Waals surface area contributed by atoms with Gasteiger partial charge in [0, 0.05) is 0 Å². The van der Waals surface area contributed by atoms with Gasteiger partial charge in [0.15, 0.2) is 9.84 Å². The van der Waals surface area contributed by atoms with E-state index in [4.69, 9.17) is 10.2 Å². The van der Waals surface area contributed by atoms with Gasteiger partial charge in [-0.1, -0.05) is 12.1 Å². The van der Waals surface area contributed by atoms with E-state index in [0.29, 0.717) is 16.9 Å². The average molecular weight is 333 g/mol. The molecule has 0 radical (unpaired) electrons. The minimum atomic E-state index is -3.90. The van der Waals surface area contributed by atoms with Gasteiger partial charge in [-0.25, -0.2) is 22.0 Å². The third kappa shape index (κ3) is 3.37. The highest BCUT2D eigenvalue weighted by atomic mass is 32.3. The molecule has 1 aromatic heterocycles. The van der Waals surface area contributed by atoms with Crippen molar-refractivity contribution in [1.29, 1.82) is 0 Å². The van der Waals surface area contributed by atoms with Gasteiger partial charge < -0.3 is 5.11 Å². The van der Waals surface area contributed by atoms with Gasteiger partial charge in [-0.3, -0.25) is 0 Å². The van der Waals surface area contributed by atoms with Crippen molar-refractivity contribution < 1.29 is 21.9 Å². The Balaban J connectivity index is 2.31. The molecule has 0 unspecified atom stereocenters. The molecule has 0 bridgehead atoms. The molecule has 2 rings (SSSR count). The van der Waals surface area contributed by atoms with Crippen molar-refractivity contribution >= 4 is 31.2 Å². The van der Waals surface area contributed by atoms with Crippen LogP contribution in [0.25, 0.3) is 0 Å². The van der Waals surface area contributed by atoms with Crippen LogP contribution in [0.1, 0.15) is 5.56 Å². The van der Waals surface area contributed by atoms with Gasteiger partial charge in [0.25, 0.3) is 0 Å². The molecule has 0 spiro atoms. The maximum atomic E-state index is 12.1. The number of hydrogen-bond acceptors (Lipinski definition) is 6. The van der Waals surface area contributed by atoms with Crippen LogP contribution in [0, 0.1) is 0 Å². The van der Waals surface area contributed by atoms with Gasteiger partial charge in [0.1, 0.15) is 14.2 Å². The van der Waals surface area contributed by atoms with E-state index in [2.05, 4.69) is 0 Å². The third-order valence-corrected chi connectivity index (χ3v) is 7.23. The van der Waals surface area contributed by atoms with Crippen molar-refractivity contribution in [2.75, 3.05) is 0 Å². The number of rotatable bonds is 4. The molecule has 0 fully saturated rings. The summed E-state index contributed by atoms with van der Waals surface area (Å²) >= 11 is 0.619. The SMILES string of the molecule is NS(=O)(=O)c1ccc(S(=O)(=O)Cc2ccc(O)cc2)s1. The summed E-state index contributed by atoms with van der Waals surface area (Å²) in [5.41, 5.74) is 0.494. The van der Waals surface area contributed by atoms with Crippen LogP contribution in [0.2, 0.25) is 0 Å². The van der Waals surface area contributed by atoms with Crippen LogP contribution in [-0.2, 0) is 25.6 Å². The van der Waals surface area contributed by atoms with Crippen molar-refractivity contribution in [2.24, 2.45) is 5.14 Å². The lowest BCUT2D eigenvalue weighted by Crippen LogP contribution is -2.10. The lowest BCUT2D eigenvalue weighted by atomic mass is 10.2. The number of thiophene rings is 1. The van der Waals surface area contributed by atoms with Crippen LogP contribution in [-0.4, -0.2) is 21.9 Å². The number of sulfone groups is 1. The number of phenolic OH excluding ortho intramolecular Hbond substituents is 1. The highest BCUT2D eigenvalue weighted by Gasteiger charge is 2.21. The second-order valence-electron chi connectivity index (χ2n) is 4.04. The van der Waals surface area contributed by atoms with Crippen LogP contribution < -0.4 is 5.14 Å². The summed E-state index contributed by atoms with van der Waals surface area (Å²) < 4.78 is 46.3. The third-order valence-electron chi connectivity index (χ3n) is 2.44. The van der Waals surface area contributed by atoms with Crippen LogP contribution in [0.15, 0.2) is 44.8 Å². The van der Waals surface area contributed by atoms with Gasteiger partial charge in [0.2, 0.25) is 10.0 Å². The summed E-state index contributed by atoms with van der Waals surface area (Å²) in [4.78, 5) is 0. The molecule has 3 N–H and O–H groups in total. The molecule has 9 heteroatoms. The zero-order chi connectivity index (χ0) is 15.0. The summed E-state index contributed by atoms with van der Waals surface area (Å²) in [6.45, 7) is 0. The van der Waals surface area contributed by atoms with E-state index < -0.39 is 19.9 Å². The molecule has 0 aliphatic carbocycles. The minimum Gasteiger partial charge on any atom is -0.508 e. The number of phenols is 1. The number of nitrogens with two attached hydrogens (primary N) is 1. The Morgan fingerprint density at radius 3 is 2.00 bits per heavy atom. The average Bonchev–Trinajstić information content (AvgIpc) is 2.82. The maximum Gasteiger partial charge on any atom is 0.247 e. The molecule has 20 heavy (non-hydrogen) atoms. The van der Waals surface area contributed by atoms with Crippen molar-refractivity contribution in [1.82, 2.24) is 0 Å². The number of benzene rings is 1. The molecule has 6 nitrogen and oxygen atoms in total. The minimum absolute atomic E-state index is 0.0405. The molecular formula is C11H11NO5S3. The fourth-order valence-electron chi connectivity index (χ4n) is 1.51. The van der Waals surface area contributed by atoms with Crippen molar-refractivity contribution in [3.05, 3.63) is 42.0 Å². The number of aromatic hydroxyl groups is 1. The van der Waals surface area contributed by atoms with E-state index in [0.717, 1.165) is 0 Å². The number of hydrogen-bond donors (Lipinski definition) is 2. The fourth-order valence-corrected chi connectivity index (χ4v) is 5.13. The Labute approximate surface area is 120 Å². The molecule has 0 saturated heterocycles. The molecular weight excluding hydrogens is 322 g/mol. The van der Waals surface area contributed by atoms with Crippen LogP contribution in [0.4, 0.5) is 0 Å². The molecule has 0 saturated carbocycles. The summed E-state index contributed by atoms with van der Waals surface area (Å²) in [5.74, 6) is -0.239. The quantitative estimate of drug-likeness (QED) is 0.868. The van der Waals surface area contributed by atoms with Gasteiger partial charge in [-0.2, -0.15) is 0 Å². The summed E-state index contributed by atoms with van der Waals surface area (Å²) in [6.07, 6.45) is 0. The number of sulfonamides is 1. The lowest BCUT2D eigenvalue weighted by Gasteiger charge is -2.02. The fraction of sp³-hybridized carbons (Fsp3) is 0.0909. The predicted octanol–water partition coefficient (Wildman–Crippen LogP) is 1.08. The lowest BCUT2D eigenvalue weighted by molar-refractivity contribution is 0.475. The first kappa shape index (κ1) is 15.0. The zero-order valence-electron chi connectivity index (χ0n) is 10.1. The Kier molecular flexibility index (Phi) is 3.87. The summed E-state index contributed by atoms with van der Waals surface area (Å²) in [5, 5.41) is 14.1. The Morgan fingerprint density at radius 1 is 0.950 bits per heavy atom.